The number of ether oxygens (including phenoxy) is 2. The second kappa shape index (κ2) is 7.01. The van der Waals surface area contributed by atoms with Crippen molar-refractivity contribution in [1.29, 1.82) is 0 Å². The predicted molar refractivity (Wildman–Crippen MR) is 73.9 cm³/mol. The average Bonchev–Trinajstić information content (AvgIpc) is 2.88. The first-order valence-corrected chi connectivity index (χ1v) is 6.76. The SMILES string of the molecule is COCO[C@H]1CCN([C@H](CO)c2ccc(C)cc2)C1. The summed E-state index contributed by atoms with van der Waals surface area (Å²) in [7, 11) is 1.63. The van der Waals surface area contributed by atoms with Crippen LogP contribution in [0.1, 0.15) is 23.6 Å². The lowest BCUT2D eigenvalue weighted by atomic mass is 10.0. The zero-order chi connectivity index (χ0) is 13.7. The van der Waals surface area contributed by atoms with E-state index in [0.29, 0.717) is 6.79 Å². The number of nitrogens with zero attached hydrogens (tertiary/aromatic N) is 1. The van der Waals surface area contributed by atoms with E-state index in [1.54, 1.807) is 7.11 Å². The van der Waals surface area contributed by atoms with Gasteiger partial charge >= 0.3 is 0 Å². The maximum absolute atomic E-state index is 9.66. The van der Waals surface area contributed by atoms with Crippen molar-refractivity contribution in [3.8, 4) is 0 Å². The smallest absolute Gasteiger partial charge is 0.146 e. The Morgan fingerprint density at radius 1 is 1.37 bits per heavy atom. The number of aliphatic hydroxyl groups excluding tert-OH is 1. The second-order valence-electron chi connectivity index (χ2n) is 5.09. The van der Waals surface area contributed by atoms with Crippen LogP contribution in [0.15, 0.2) is 24.3 Å². The minimum absolute atomic E-state index is 0.0664. The molecule has 0 aliphatic carbocycles. The summed E-state index contributed by atoms with van der Waals surface area (Å²) >= 11 is 0. The molecule has 2 atom stereocenters. The quantitative estimate of drug-likeness (QED) is 0.795. The van der Waals surface area contributed by atoms with Gasteiger partial charge in [0.2, 0.25) is 0 Å². The van der Waals surface area contributed by atoms with E-state index < -0.39 is 0 Å². The summed E-state index contributed by atoms with van der Waals surface area (Å²) in [5, 5.41) is 9.66. The lowest BCUT2D eigenvalue weighted by Gasteiger charge is -2.26. The van der Waals surface area contributed by atoms with E-state index in [-0.39, 0.29) is 18.8 Å². The molecule has 1 saturated heterocycles. The highest BCUT2D eigenvalue weighted by molar-refractivity contribution is 5.24. The van der Waals surface area contributed by atoms with Crippen LogP contribution in [0.2, 0.25) is 0 Å². The summed E-state index contributed by atoms with van der Waals surface area (Å²) in [4.78, 5) is 2.28. The van der Waals surface area contributed by atoms with Crippen LogP contribution in [0.3, 0.4) is 0 Å². The number of aryl methyl sites for hydroxylation is 1. The molecule has 106 valence electrons. The highest BCUT2D eigenvalue weighted by Crippen LogP contribution is 2.26. The molecule has 0 aromatic heterocycles. The summed E-state index contributed by atoms with van der Waals surface area (Å²) in [6, 6.07) is 8.44. The molecule has 0 saturated carbocycles. The fraction of sp³-hybridized carbons (Fsp3) is 0.600. The zero-order valence-electron chi connectivity index (χ0n) is 11.7. The van der Waals surface area contributed by atoms with Crippen LogP contribution in [-0.2, 0) is 9.47 Å². The summed E-state index contributed by atoms with van der Waals surface area (Å²) in [6.45, 7) is 4.35. The lowest BCUT2D eigenvalue weighted by molar-refractivity contribution is -0.0684. The van der Waals surface area contributed by atoms with Crippen molar-refractivity contribution >= 4 is 0 Å². The van der Waals surface area contributed by atoms with Crippen LogP contribution in [0, 0.1) is 6.92 Å². The molecule has 1 heterocycles. The molecule has 1 aliphatic heterocycles. The van der Waals surface area contributed by atoms with E-state index in [1.165, 1.54) is 11.1 Å². The number of likely N-dealkylation sites (tertiary alicyclic amines) is 1. The van der Waals surface area contributed by atoms with E-state index in [1.807, 2.05) is 0 Å². The van der Waals surface area contributed by atoms with Crippen molar-refractivity contribution in [1.82, 2.24) is 4.90 Å². The molecule has 1 N–H and O–H groups in total. The van der Waals surface area contributed by atoms with Gasteiger partial charge in [0.1, 0.15) is 6.79 Å². The normalized spacial score (nSPS) is 21.7. The summed E-state index contributed by atoms with van der Waals surface area (Å²) < 4.78 is 10.5. The third-order valence-corrected chi connectivity index (χ3v) is 3.67. The summed E-state index contributed by atoms with van der Waals surface area (Å²) in [5.41, 5.74) is 2.41. The van der Waals surface area contributed by atoms with Crippen LogP contribution in [-0.4, -0.2) is 49.7 Å². The Bertz CT molecular complexity index is 379. The number of benzene rings is 1. The van der Waals surface area contributed by atoms with Crippen LogP contribution in [0.4, 0.5) is 0 Å². The van der Waals surface area contributed by atoms with E-state index in [4.69, 9.17) is 9.47 Å². The van der Waals surface area contributed by atoms with E-state index in [0.717, 1.165) is 19.5 Å². The topological polar surface area (TPSA) is 41.9 Å². The van der Waals surface area contributed by atoms with Gasteiger partial charge in [0.25, 0.3) is 0 Å². The van der Waals surface area contributed by atoms with Crippen LogP contribution < -0.4 is 0 Å². The lowest BCUT2D eigenvalue weighted by Crippen LogP contribution is -2.30. The van der Waals surface area contributed by atoms with Gasteiger partial charge in [-0.05, 0) is 18.9 Å². The maximum Gasteiger partial charge on any atom is 0.146 e. The number of rotatable bonds is 6. The molecule has 0 amide bonds. The molecule has 1 aromatic rings. The molecule has 4 nitrogen and oxygen atoms in total. The standard InChI is InChI=1S/C15H23NO3/c1-12-3-5-13(6-4-12)15(10-17)16-8-7-14(9-16)19-11-18-2/h3-6,14-15,17H,7-11H2,1-2H3/t14-,15+/m0/s1. The predicted octanol–water partition coefficient (Wildman–Crippen LogP) is 1.72. The van der Waals surface area contributed by atoms with Gasteiger partial charge in [0, 0.05) is 20.2 Å². The van der Waals surface area contributed by atoms with E-state index in [2.05, 4.69) is 36.1 Å². The Labute approximate surface area is 114 Å². The average molecular weight is 265 g/mol. The van der Waals surface area contributed by atoms with Gasteiger partial charge in [-0.1, -0.05) is 29.8 Å². The van der Waals surface area contributed by atoms with Gasteiger partial charge in [-0.3, -0.25) is 4.90 Å². The third-order valence-electron chi connectivity index (χ3n) is 3.67. The minimum atomic E-state index is 0.0664. The maximum atomic E-state index is 9.66. The largest absolute Gasteiger partial charge is 0.394 e. The second-order valence-corrected chi connectivity index (χ2v) is 5.09. The van der Waals surface area contributed by atoms with Crippen molar-refractivity contribution in [2.24, 2.45) is 0 Å². The number of hydrogen-bond donors (Lipinski definition) is 1. The Hall–Kier alpha value is -0.940. The number of aliphatic hydroxyl groups is 1. The molecule has 0 bridgehead atoms. The molecule has 0 radical (unpaired) electrons. The molecule has 0 unspecified atom stereocenters. The minimum Gasteiger partial charge on any atom is -0.394 e. The van der Waals surface area contributed by atoms with Crippen molar-refractivity contribution in [2.45, 2.75) is 25.5 Å². The van der Waals surface area contributed by atoms with E-state index in [9.17, 15) is 5.11 Å². The highest BCUT2D eigenvalue weighted by Gasteiger charge is 2.29. The first-order chi connectivity index (χ1) is 9.24. The molecule has 1 aromatic carbocycles. The molecule has 0 spiro atoms. The fourth-order valence-electron chi connectivity index (χ4n) is 2.56. The van der Waals surface area contributed by atoms with Crippen molar-refractivity contribution in [3.63, 3.8) is 0 Å². The molecular formula is C15H23NO3. The Morgan fingerprint density at radius 3 is 2.74 bits per heavy atom. The van der Waals surface area contributed by atoms with Gasteiger partial charge in [-0.25, -0.2) is 0 Å². The first-order valence-electron chi connectivity index (χ1n) is 6.76. The van der Waals surface area contributed by atoms with Gasteiger partial charge in [-0.2, -0.15) is 0 Å². The van der Waals surface area contributed by atoms with Crippen molar-refractivity contribution < 1.29 is 14.6 Å². The molecule has 1 fully saturated rings. The van der Waals surface area contributed by atoms with E-state index >= 15 is 0 Å². The fourth-order valence-corrected chi connectivity index (χ4v) is 2.56. The van der Waals surface area contributed by atoms with Gasteiger partial charge in [0.05, 0.1) is 18.8 Å². The molecule has 2 rings (SSSR count). The monoisotopic (exact) mass is 265 g/mol. The Balaban J connectivity index is 1.97. The van der Waals surface area contributed by atoms with Crippen LogP contribution >= 0.6 is 0 Å². The van der Waals surface area contributed by atoms with Gasteiger partial charge in [0.15, 0.2) is 0 Å². The van der Waals surface area contributed by atoms with Gasteiger partial charge < -0.3 is 14.6 Å². The molecule has 4 heteroatoms. The first kappa shape index (κ1) is 14.5. The highest BCUT2D eigenvalue weighted by atomic mass is 16.7. The van der Waals surface area contributed by atoms with Crippen molar-refractivity contribution in [2.75, 3.05) is 33.6 Å². The summed E-state index contributed by atoms with van der Waals surface area (Å²) in [5.74, 6) is 0. The summed E-state index contributed by atoms with van der Waals surface area (Å²) in [6.07, 6.45) is 1.20. The zero-order valence-corrected chi connectivity index (χ0v) is 11.7. The molecule has 1 aliphatic rings. The van der Waals surface area contributed by atoms with Crippen LogP contribution in [0.25, 0.3) is 0 Å². The van der Waals surface area contributed by atoms with Crippen molar-refractivity contribution in [3.05, 3.63) is 35.4 Å². The number of hydrogen-bond acceptors (Lipinski definition) is 4. The number of methoxy groups -OCH3 is 1. The molecule has 19 heavy (non-hydrogen) atoms. The Morgan fingerprint density at radius 2 is 2.11 bits per heavy atom. The van der Waals surface area contributed by atoms with Gasteiger partial charge in [-0.15, -0.1) is 0 Å². The third kappa shape index (κ3) is 3.76. The van der Waals surface area contributed by atoms with Crippen LogP contribution in [0.5, 0.6) is 0 Å². The molecular weight excluding hydrogens is 242 g/mol. The Kier molecular flexibility index (Phi) is 5.34.